The Bertz CT molecular complexity index is 1510. The average Bonchev–Trinajstić information content (AvgIpc) is 2.92. The first kappa shape index (κ1) is 33.7. The number of halogens is 3. The Morgan fingerprint density at radius 3 is 2.10 bits per heavy atom. The Morgan fingerprint density at radius 2 is 1.55 bits per heavy atom. The van der Waals surface area contributed by atoms with Gasteiger partial charge >= 0.3 is 0 Å². The zero-order valence-corrected chi connectivity index (χ0v) is 27.4. The molecular formula is C31H36Cl3N3O4S. The highest BCUT2D eigenvalue weighted by atomic mass is 35.5. The second-order valence-electron chi connectivity index (χ2n) is 10.5. The number of carbonyl (C=O) groups is 2. The van der Waals surface area contributed by atoms with Gasteiger partial charge in [-0.25, -0.2) is 8.42 Å². The van der Waals surface area contributed by atoms with Crippen LogP contribution in [0.4, 0.5) is 5.69 Å². The second kappa shape index (κ2) is 14.6. The van der Waals surface area contributed by atoms with Crippen LogP contribution in [0.5, 0.6) is 0 Å². The highest BCUT2D eigenvalue weighted by molar-refractivity contribution is 7.92. The Balaban J connectivity index is 2.12. The number of carbonyl (C=O) groups excluding carboxylic acids is 2. The van der Waals surface area contributed by atoms with Gasteiger partial charge in [-0.05, 0) is 74.2 Å². The molecule has 2 amide bonds. The van der Waals surface area contributed by atoms with Gasteiger partial charge < -0.3 is 10.2 Å². The first-order valence-electron chi connectivity index (χ1n) is 13.6. The van der Waals surface area contributed by atoms with Gasteiger partial charge in [0, 0.05) is 33.7 Å². The molecule has 0 aliphatic rings. The minimum Gasteiger partial charge on any atom is -0.354 e. The summed E-state index contributed by atoms with van der Waals surface area (Å²) in [4.78, 5) is 29.0. The van der Waals surface area contributed by atoms with Gasteiger partial charge in [-0.2, -0.15) is 0 Å². The molecule has 0 saturated heterocycles. The maximum absolute atomic E-state index is 14.2. The van der Waals surface area contributed by atoms with Crippen LogP contribution in [0.3, 0.4) is 0 Å². The van der Waals surface area contributed by atoms with Gasteiger partial charge in [-0.15, -0.1) is 0 Å². The summed E-state index contributed by atoms with van der Waals surface area (Å²) in [7, 11) is -4.21. The molecule has 3 rings (SSSR count). The molecule has 0 bridgehead atoms. The molecule has 7 nitrogen and oxygen atoms in total. The molecule has 3 aromatic rings. The van der Waals surface area contributed by atoms with Crippen LogP contribution in [0, 0.1) is 19.8 Å². The monoisotopic (exact) mass is 651 g/mol. The van der Waals surface area contributed by atoms with E-state index in [2.05, 4.69) is 5.32 Å². The predicted molar refractivity (Wildman–Crippen MR) is 171 cm³/mol. The highest BCUT2D eigenvalue weighted by Crippen LogP contribution is 2.31. The summed E-state index contributed by atoms with van der Waals surface area (Å²) < 4.78 is 29.2. The van der Waals surface area contributed by atoms with Crippen molar-refractivity contribution in [2.24, 2.45) is 5.92 Å². The van der Waals surface area contributed by atoms with Crippen LogP contribution in [0.15, 0.2) is 65.6 Å². The normalized spacial score (nSPS) is 12.2. The van der Waals surface area contributed by atoms with Gasteiger partial charge in [-0.1, -0.05) is 79.3 Å². The number of anilines is 1. The molecule has 0 aromatic heterocycles. The van der Waals surface area contributed by atoms with Crippen molar-refractivity contribution in [3.63, 3.8) is 0 Å². The number of amides is 2. The van der Waals surface area contributed by atoms with E-state index in [1.54, 1.807) is 62.4 Å². The van der Waals surface area contributed by atoms with E-state index in [4.69, 9.17) is 34.8 Å². The zero-order valence-electron chi connectivity index (χ0n) is 24.3. The maximum atomic E-state index is 14.2. The van der Waals surface area contributed by atoms with Crippen molar-refractivity contribution in [1.82, 2.24) is 10.2 Å². The summed E-state index contributed by atoms with van der Waals surface area (Å²) in [5.41, 5.74) is 2.20. The first-order valence-corrected chi connectivity index (χ1v) is 16.2. The topological polar surface area (TPSA) is 86.8 Å². The fourth-order valence-electron chi connectivity index (χ4n) is 4.45. The van der Waals surface area contributed by atoms with Gasteiger partial charge in [0.1, 0.15) is 12.6 Å². The number of nitrogens with one attached hydrogen (secondary N) is 1. The summed E-state index contributed by atoms with van der Waals surface area (Å²) >= 11 is 19.1. The van der Waals surface area contributed by atoms with E-state index in [1.807, 2.05) is 20.8 Å². The van der Waals surface area contributed by atoms with Crippen LogP contribution in [0.1, 0.15) is 43.9 Å². The van der Waals surface area contributed by atoms with Crippen molar-refractivity contribution in [2.75, 3.05) is 17.4 Å². The van der Waals surface area contributed by atoms with Crippen LogP contribution >= 0.6 is 34.8 Å². The number of sulfonamides is 1. The van der Waals surface area contributed by atoms with E-state index in [1.165, 1.54) is 17.0 Å². The van der Waals surface area contributed by atoms with Crippen molar-refractivity contribution in [1.29, 1.82) is 0 Å². The van der Waals surface area contributed by atoms with Crippen molar-refractivity contribution >= 4 is 62.3 Å². The lowest BCUT2D eigenvalue weighted by molar-refractivity contribution is -0.140. The third-order valence-corrected chi connectivity index (χ3v) is 9.49. The van der Waals surface area contributed by atoms with Gasteiger partial charge in [-0.3, -0.25) is 13.9 Å². The fraction of sp³-hybridized carbons (Fsp3) is 0.355. The number of rotatable bonds is 12. The molecule has 42 heavy (non-hydrogen) atoms. The van der Waals surface area contributed by atoms with E-state index in [0.29, 0.717) is 38.4 Å². The Labute approximate surface area is 263 Å². The minimum absolute atomic E-state index is 0.0256. The molecule has 0 heterocycles. The van der Waals surface area contributed by atoms with Crippen molar-refractivity contribution < 1.29 is 18.0 Å². The van der Waals surface area contributed by atoms with Crippen LogP contribution in [-0.4, -0.2) is 44.3 Å². The molecule has 0 aliphatic heterocycles. The quantitative estimate of drug-likeness (QED) is 0.227. The summed E-state index contributed by atoms with van der Waals surface area (Å²) in [6.07, 6.45) is 0.280. The largest absolute Gasteiger partial charge is 0.354 e. The number of hydrogen-bond donors (Lipinski definition) is 1. The van der Waals surface area contributed by atoms with Crippen LogP contribution in [0.25, 0.3) is 0 Å². The number of benzene rings is 3. The van der Waals surface area contributed by atoms with Crippen molar-refractivity contribution in [3.05, 3.63) is 92.4 Å². The summed E-state index contributed by atoms with van der Waals surface area (Å²) in [5, 5.41) is 3.99. The molecule has 0 unspecified atom stereocenters. The Morgan fingerprint density at radius 1 is 0.929 bits per heavy atom. The number of nitrogens with zero attached hydrogens (tertiary/aromatic N) is 2. The van der Waals surface area contributed by atoms with Gasteiger partial charge in [0.05, 0.1) is 10.6 Å². The van der Waals surface area contributed by atoms with Gasteiger partial charge in [0.2, 0.25) is 11.8 Å². The second-order valence-corrected chi connectivity index (χ2v) is 13.7. The average molecular weight is 653 g/mol. The molecule has 0 saturated carbocycles. The molecular weight excluding hydrogens is 617 g/mol. The zero-order chi connectivity index (χ0) is 31.2. The first-order chi connectivity index (χ1) is 19.8. The molecule has 0 fully saturated rings. The van der Waals surface area contributed by atoms with Crippen molar-refractivity contribution in [2.45, 2.75) is 58.5 Å². The minimum atomic E-state index is -4.21. The predicted octanol–water partition coefficient (Wildman–Crippen LogP) is 7.04. The van der Waals surface area contributed by atoms with E-state index in [0.717, 1.165) is 9.87 Å². The summed E-state index contributed by atoms with van der Waals surface area (Å²) in [6.45, 7) is 9.05. The molecule has 1 N–H and O–H groups in total. The summed E-state index contributed by atoms with van der Waals surface area (Å²) in [6, 6.07) is 15.2. The molecule has 0 aliphatic carbocycles. The van der Waals surface area contributed by atoms with Crippen LogP contribution < -0.4 is 9.62 Å². The molecule has 0 spiro atoms. The van der Waals surface area contributed by atoms with E-state index < -0.39 is 28.5 Å². The molecule has 11 heteroatoms. The smallest absolute Gasteiger partial charge is 0.264 e. The van der Waals surface area contributed by atoms with Crippen molar-refractivity contribution in [3.8, 4) is 0 Å². The van der Waals surface area contributed by atoms with Crippen LogP contribution in [0.2, 0.25) is 15.1 Å². The highest BCUT2D eigenvalue weighted by Gasteiger charge is 2.34. The lowest BCUT2D eigenvalue weighted by Gasteiger charge is -2.34. The molecule has 1 atom stereocenters. The van der Waals surface area contributed by atoms with Gasteiger partial charge in [0.25, 0.3) is 10.0 Å². The molecule has 3 aromatic carbocycles. The summed E-state index contributed by atoms with van der Waals surface area (Å²) in [5.74, 6) is -0.752. The number of hydrogen-bond acceptors (Lipinski definition) is 4. The number of aryl methyl sites for hydroxylation is 2. The fourth-order valence-corrected chi connectivity index (χ4v) is 6.67. The maximum Gasteiger partial charge on any atom is 0.264 e. The van der Waals surface area contributed by atoms with Crippen LogP contribution in [-0.2, 0) is 26.2 Å². The Hall–Kier alpha value is -2.78. The van der Waals surface area contributed by atoms with E-state index >= 15 is 0 Å². The van der Waals surface area contributed by atoms with E-state index in [-0.39, 0.29) is 29.7 Å². The van der Waals surface area contributed by atoms with E-state index in [9.17, 15) is 18.0 Å². The molecule has 226 valence electrons. The third-order valence-electron chi connectivity index (χ3n) is 6.78. The lowest BCUT2D eigenvalue weighted by Crippen LogP contribution is -2.52. The standard InChI is InChI=1S/C31H36Cl3N3O4S/c1-6-28(31(39)35-17-20(2)3)36(18-25-26(33)8-7-9-27(25)34)30(38)19-37(29-15-12-23(32)16-22(29)5)42(40,41)24-13-10-21(4)11-14-24/h7-16,20,28H,6,17-19H2,1-5H3,(H,35,39)/t28-/m1/s1. The van der Waals surface area contributed by atoms with Gasteiger partial charge in [0.15, 0.2) is 0 Å². The molecule has 0 radical (unpaired) electrons. The Kier molecular flexibility index (Phi) is 11.7. The lowest BCUT2D eigenvalue weighted by atomic mass is 10.1. The SMILES string of the molecule is CC[C@H](C(=O)NCC(C)C)N(Cc1c(Cl)cccc1Cl)C(=O)CN(c1ccc(Cl)cc1C)S(=O)(=O)c1ccc(C)cc1. The third kappa shape index (κ3) is 8.19.